The number of para-hydroxylation sites is 1. The second-order valence-electron chi connectivity index (χ2n) is 6.99. The number of aromatic nitrogens is 2. The molecule has 0 unspecified atom stereocenters. The summed E-state index contributed by atoms with van der Waals surface area (Å²) in [5, 5.41) is 13.2. The van der Waals surface area contributed by atoms with E-state index in [1.54, 1.807) is 11.1 Å². The van der Waals surface area contributed by atoms with Gasteiger partial charge >= 0.3 is 0 Å². The molecule has 4 rings (SSSR count). The van der Waals surface area contributed by atoms with Crippen molar-refractivity contribution >= 4 is 23.5 Å². The van der Waals surface area contributed by atoms with Crippen LogP contribution in [0.15, 0.2) is 64.8 Å². The molecule has 6 heteroatoms. The van der Waals surface area contributed by atoms with Gasteiger partial charge in [0.25, 0.3) is 5.91 Å². The minimum absolute atomic E-state index is 0.112. The van der Waals surface area contributed by atoms with Gasteiger partial charge in [0.2, 0.25) is 0 Å². The molecule has 0 N–H and O–H groups in total. The smallest absolute Gasteiger partial charge is 0.279 e. The number of anilines is 1. The molecule has 0 saturated heterocycles. The van der Waals surface area contributed by atoms with Gasteiger partial charge in [-0.2, -0.15) is 10.2 Å². The number of rotatable bonds is 5. The van der Waals surface area contributed by atoms with Gasteiger partial charge < -0.3 is 4.90 Å². The van der Waals surface area contributed by atoms with E-state index in [1.807, 2.05) is 67.9 Å². The van der Waals surface area contributed by atoms with E-state index in [4.69, 9.17) is 0 Å². The van der Waals surface area contributed by atoms with Gasteiger partial charge in [0.1, 0.15) is 0 Å². The van der Waals surface area contributed by atoms with Crippen molar-refractivity contribution in [3.63, 3.8) is 0 Å². The van der Waals surface area contributed by atoms with E-state index >= 15 is 0 Å². The molecule has 0 atom stereocenters. The summed E-state index contributed by atoms with van der Waals surface area (Å²) in [6.45, 7) is 7.23. The van der Waals surface area contributed by atoms with Crippen molar-refractivity contribution in [2.75, 3.05) is 11.4 Å². The van der Waals surface area contributed by atoms with Gasteiger partial charge in [0.05, 0.1) is 24.1 Å². The zero-order chi connectivity index (χ0) is 20.4. The van der Waals surface area contributed by atoms with Crippen LogP contribution in [-0.4, -0.2) is 34.2 Å². The highest BCUT2D eigenvalue weighted by Crippen LogP contribution is 2.28. The summed E-state index contributed by atoms with van der Waals surface area (Å²) in [6.07, 6.45) is 1.69. The van der Waals surface area contributed by atoms with Crippen molar-refractivity contribution in [1.29, 1.82) is 0 Å². The van der Waals surface area contributed by atoms with E-state index in [0.717, 1.165) is 28.2 Å². The molecule has 1 aromatic heterocycles. The summed E-state index contributed by atoms with van der Waals surface area (Å²) in [4.78, 5) is 14.4. The summed E-state index contributed by atoms with van der Waals surface area (Å²) in [6, 6.07) is 17.9. The Labute approximate surface area is 170 Å². The maximum absolute atomic E-state index is 12.7. The quantitative estimate of drug-likeness (QED) is 0.496. The molecule has 146 valence electrons. The van der Waals surface area contributed by atoms with Crippen LogP contribution in [0.2, 0.25) is 0 Å². The number of nitrogens with zero attached hydrogens (tertiary/aromatic N) is 5. The minimum Gasteiger partial charge on any atom is -0.307 e. The number of amides is 1. The summed E-state index contributed by atoms with van der Waals surface area (Å²) < 4.78 is 1.97. The molecule has 0 spiro atoms. The zero-order valence-corrected chi connectivity index (χ0v) is 16.8. The molecule has 0 radical (unpaired) electrons. The van der Waals surface area contributed by atoms with E-state index in [0.29, 0.717) is 18.8 Å². The van der Waals surface area contributed by atoms with Crippen molar-refractivity contribution < 1.29 is 4.79 Å². The highest BCUT2D eigenvalue weighted by atomic mass is 16.2. The number of carbonyl (C=O) groups excluding carboxylic acids is 1. The summed E-state index contributed by atoms with van der Waals surface area (Å²) in [5.74, 6) is -0.112. The van der Waals surface area contributed by atoms with Gasteiger partial charge in [-0.15, -0.1) is 5.10 Å². The van der Waals surface area contributed by atoms with E-state index in [-0.39, 0.29) is 5.91 Å². The maximum Gasteiger partial charge on any atom is 0.279 e. The molecule has 6 nitrogen and oxygen atoms in total. The van der Waals surface area contributed by atoms with Gasteiger partial charge in [-0.3, -0.25) is 9.48 Å². The Morgan fingerprint density at radius 1 is 1.03 bits per heavy atom. The highest BCUT2D eigenvalue weighted by Gasteiger charge is 2.32. The Kier molecular flexibility index (Phi) is 5.08. The Bertz CT molecular complexity index is 1110. The fraction of sp³-hybridized carbons (Fsp3) is 0.217. The van der Waals surface area contributed by atoms with Crippen LogP contribution in [0.25, 0.3) is 0 Å². The summed E-state index contributed by atoms with van der Waals surface area (Å²) >= 11 is 0. The minimum atomic E-state index is -0.112. The zero-order valence-electron chi connectivity index (χ0n) is 16.8. The molecular formula is C23H23N5O. The van der Waals surface area contributed by atoms with Crippen LogP contribution in [0.1, 0.15) is 35.0 Å². The standard InChI is InChI=1S/C23H23N5O/c1-4-27-21-13-9-8-12-19(21)22(23(27)29)25-24-14-20-16(2)26-28(17(20)3)15-18-10-6-5-7-11-18/h5-14H,4,15H2,1-3H3/b24-14-,25-22+. The van der Waals surface area contributed by atoms with Crippen LogP contribution < -0.4 is 4.90 Å². The van der Waals surface area contributed by atoms with Crippen molar-refractivity contribution in [3.8, 4) is 0 Å². The monoisotopic (exact) mass is 385 g/mol. The summed E-state index contributed by atoms with van der Waals surface area (Å²) in [5.41, 5.74) is 6.11. The first-order valence-electron chi connectivity index (χ1n) is 9.70. The third-order valence-electron chi connectivity index (χ3n) is 5.17. The van der Waals surface area contributed by atoms with Gasteiger partial charge in [-0.1, -0.05) is 48.5 Å². The van der Waals surface area contributed by atoms with Crippen LogP contribution in [0, 0.1) is 13.8 Å². The van der Waals surface area contributed by atoms with Crippen molar-refractivity contribution in [3.05, 3.63) is 82.7 Å². The Balaban J connectivity index is 1.61. The van der Waals surface area contributed by atoms with Crippen molar-refractivity contribution in [1.82, 2.24) is 9.78 Å². The maximum atomic E-state index is 12.7. The molecule has 2 heterocycles. The molecule has 2 aromatic carbocycles. The number of benzene rings is 2. The van der Waals surface area contributed by atoms with Crippen LogP contribution >= 0.6 is 0 Å². The SMILES string of the molecule is CCN1C(=O)/C(=N/N=C\c2c(C)nn(Cc3ccccc3)c2C)c2ccccc21. The first-order valence-corrected chi connectivity index (χ1v) is 9.70. The van der Waals surface area contributed by atoms with E-state index in [1.165, 1.54) is 5.56 Å². The second-order valence-corrected chi connectivity index (χ2v) is 6.99. The molecule has 0 aliphatic carbocycles. The first-order chi connectivity index (χ1) is 14.1. The fourth-order valence-corrected chi connectivity index (χ4v) is 3.62. The Morgan fingerprint density at radius 2 is 1.76 bits per heavy atom. The largest absolute Gasteiger partial charge is 0.307 e. The number of aryl methyl sites for hydroxylation is 1. The average molecular weight is 385 g/mol. The molecule has 1 aliphatic rings. The Morgan fingerprint density at radius 3 is 2.52 bits per heavy atom. The van der Waals surface area contributed by atoms with Crippen LogP contribution in [0.3, 0.4) is 0 Å². The van der Waals surface area contributed by atoms with E-state index in [2.05, 4.69) is 27.4 Å². The molecule has 1 amide bonds. The number of hydrogen-bond acceptors (Lipinski definition) is 4. The highest BCUT2D eigenvalue weighted by molar-refractivity contribution is 6.54. The number of carbonyl (C=O) groups is 1. The number of hydrogen-bond donors (Lipinski definition) is 0. The lowest BCUT2D eigenvalue weighted by Crippen LogP contribution is -2.29. The Hall–Kier alpha value is -3.54. The lowest BCUT2D eigenvalue weighted by atomic mass is 10.1. The lowest BCUT2D eigenvalue weighted by molar-refractivity contribution is -0.112. The van der Waals surface area contributed by atoms with Gasteiger partial charge in [-0.05, 0) is 32.4 Å². The van der Waals surface area contributed by atoms with Crippen molar-refractivity contribution in [2.45, 2.75) is 27.3 Å². The molecule has 29 heavy (non-hydrogen) atoms. The van der Waals surface area contributed by atoms with E-state index in [9.17, 15) is 4.79 Å². The third-order valence-corrected chi connectivity index (χ3v) is 5.17. The van der Waals surface area contributed by atoms with Crippen LogP contribution in [-0.2, 0) is 11.3 Å². The van der Waals surface area contributed by atoms with Gasteiger partial charge in [0.15, 0.2) is 5.71 Å². The average Bonchev–Trinajstić information content (AvgIpc) is 3.16. The third kappa shape index (κ3) is 3.49. The van der Waals surface area contributed by atoms with Crippen LogP contribution in [0.4, 0.5) is 5.69 Å². The molecule has 0 bridgehead atoms. The predicted octanol–water partition coefficient (Wildman–Crippen LogP) is 3.74. The second kappa shape index (κ2) is 7.83. The predicted molar refractivity (Wildman–Crippen MR) is 116 cm³/mol. The molecule has 0 saturated carbocycles. The molecular weight excluding hydrogens is 362 g/mol. The fourth-order valence-electron chi connectivity index (χ4n) is 3.62. The summed E-state index contributed by atoms with van der Waals surface area (Å²) in [7, 11) is 0. The van der Waals surface area contributed by atoms with Crippen molar-refractivity contribution in [2.24, 2.45) is 10.2 Å². The lowest BCUT2D eigenvalue weighted by Gasteiger charge is -2.12. The van der Waals surface area contributed by atoms with Gasteiger partial charge in [0, 0.05) is 23.4 Å². The molecule has 0 fully saturated rings. The van der Waals surface area contributed by atoms with Gasteiger partial charge in [-0.25, -0.2) is 0 Å². The molecule has 3 aromatic rings. The molecule has 1 aliphatic heterocycles. The topological polar surface area (TPSA) is 62.9 Å². The number of fused-ring (bicyclic) bond motifs is 1. The number of likely N-dealkylation sites (N-methyl/N-ethyl adjacent to an activating group) is 1. The first kappa shape index (κ1) is 18.8. The normalized spacial score (nSPS) is 14.9. The van der Waals surface area contributed by atoms with Crippen LogP contribution in [0.5, 0.6) is 0 Å². The van der Waals surface area contributed by atoms with E-state index < -0.39 is 0 Å².